The Labute approximate surface area is 314 Å². The van der Waals surface area contributed by atoms with Crippen LogP contribution in [0.4, 0.5) is 0 Å². The molecule has 0 bridgehead atoms. The van der Waals surface area contributed by atoms with Crippen molar-refractivity contribution in [1.29, 1.82) is 5.26 Å². The Morgan fingerprint density at radius 3 is 1.50 bits per heavy atom. The predicted octanol–water partition coefficient (Wildman–Crippen LogP) is 7.14. The lowest BCUT2D eigenvalue weighted by Gasteiger charge is -2.13. The number of esters is 5. The number of carbonyl (C=O) groups is 5. The molecule has 0 heterocycles. The molecule has 0 atom stereocenters. The third-order valence-corrected chi connectivity index (χ3v) is 7.37. The Kier molecular flexibility index (Phi) is 18.6. The molecule has 0 unspecified atom stereocenters. The van der Waals surface area contributed by atoms with Crippen LogP contribution in [-0.4, -0.2) is 62.9 Å². The molecule has 13 heteroatoms. The molecule has 0 amide bonds. The van der Waals surface area contributed by atoms with Crippen molar-refractivity contribution in [2.45, 2.75) is 51.4 Å². The first-order chi connectivity index (χ1) is 26.2. The molecule has 0 N–H and O–H groups in total. The largest absolute Gasteiger partial charge is 0.494 e. The summed E-state index contributed by atoms with van der Waals surface area (Å²) < 4.78 is 37.7. The van der Waals surface area contributed by atoms with Gasteiger partial charge in [-0.25, -0.2) is 24.0 Å². The molecule has 0 fully saturated rings. The van der Waals surface area contributed by atoms with Gasteiger partial charge in [0.2, 0.25) is 0 Å². The number of nitriles is 1. The normalized spacial score (nSPS) is 10.2. The predicted molar refractivity (Wildman–Crippen MR) is 195 cm³/mol. The lowest BCUT2D eigenvalue weighted by Crippen LogP contribution is -2.14. The maximum absolute atomic E-state index is 13.1. The van der Waals surface area contributed by atoms with Crippen LogP contribution < -0.4 is 18.9 Å². The Hall–Kier alpha value is -6.42. The van der Waals surface area contributed by atoms with Gasteiger partial charge in [-0.05, 0) is 112 Å². The van der Waals surface area contributed by atoms with E-state index in [1.54, 1.807) is 24.3 Å². The number of nitrogens with zero attached hydrogens (tertiary/aromatic N) is 1. The number of hydrogen-bond donors (Lipinski definition) is 0. The third kappa shape index (κ3) is 15.4. The average Bonchev–Trinajstić information content (AvgIpc) is 3.19. The molecular weight excluding hydrogens is 698 g/mol. The fourth-order valence-electron chi connectivity index (χ4n) is 4.52. The van der Waals surface area contributed by atoms with Crippen molar-refractivity contribution in [1.82, 2.24) is 0 Å². The molecule has 54 heavy (non-hydrogen) atoms. The summed E-state index contributed by atoms with van der Waals surface area (Å²) in [5, 5.41) is 8.80. The van der Waals surface area contributed by atoms with Gasteiger partial charge in [0.05, 0.1) is 50.2 Å². The van der Waals surface area contributed by atoms with Gasteiger partial charge in [-0.3, -0.25) is 0 Å². The lowest BCUT2D eigenvalue weighted by molar-refractivity contribution is -0.138. The summed E-state index contributed by atoms with van der Waals surface area (Å²) in [4.78, 5) is 61.2. The minimum Gasteiger partial charge on any atom is -0.494 e. The van der Waals surface area contributed by atoms with Crippen LogP contribution in [-0.2, 0) is 23.8 Å². The van der Waals surface area contributed by atoms with Gasteiger partial charge in [0, 0.05) is 18.6 Å². The molecule has 3 aromatic rings. The van der Waals surface area contributed by atoms with E-state index in [1.807, 2.05) is 6.07 Å². The Morgan fingerprint density at radius 1 is 0.537 bits per heavy atom. The molecule has 3 aromatic carbocycles. The van der Waals surface area contributed by atoms with E-state index in [2.05, 4.69) is 13.2 Å². The second kappa shape index (κ2) is 23.9. The SMILES string of the molecule is C=CC(=O)OCCCCCOc1ccc(C(=O)Oc2ccc(OC(=O)c3ccc(OCCCCCOC(=O)C=C)cc3)c(C(=O)OCCCC#N)c2)cc1. The Balaban J connectivity index is 1.57. The summed E-state index contributed by atoms with van der Waals surface area (Å²) >= 11 is 0. The van der Waals surface area contributed by atoms with Crippen molar-refractivity contribution in [3.8, 4) is 29.1 Å². The summed E-state index contributed by atoms with van der Waals surface area (Å²) in [6, 6.07) is 18.5. The molecule has 0 radical (unpaired) electrons. The summed E-state index contributed by atoms with van der Waals surface area (Å²) in [6.07, 6.45) is 7.18. The van der Waals surface area contributed by atoms with E-state index in [1.165, 1.54) is 42.5 Å². The van der Waals surface area contributed by atoms with Crippen molar-refractivity contribution < 1.29 is 57.1 Å². The second-order valence-electron chi connectivity index (χ2n) is 11.4. The molecular formula is C41H43NO12. The van der Waals surface area contributed by atoms with E-state index in [9.17, 15) is 24.0 Å². The molecule has 3 rings (SSSR count). The van der Waals surface area contributed by atoms with E-state index in [0.717, 1.165) is 37.8 Å². The minimum atomic E-state index is -0.837. The fraction of sp³-hybridized carbons (Fsp3) is 0.317. The van der Waals surface area contributed by atoms with E-state index in [0.29, 0.717) is 57.2 Å². The van der Waals surface area contributed by atoms with Crippen LogP contribution in [0.15, 0.2) is 92.0 Å². The van der Waals surface area contributed by atoms with E-state index < -0.39 is 29.8 Å². The second-order valence-corrected chi connectivity index (χ2v) is 11.4. The average molecular weight is 742 g/mol. The number of ether oxygens (including phenoxy) is 7. The molecule has 0 saturated heterocycles. The molecule has 0 aliphatic heterocycles. The van der Waals surface area contributed by atoms with E-state index >= 15 is 0 Å². The highest BCUT2D eigenvalue weighted by atomic mass is 16.6. The van der Waals surface area contributed by atoms with Crippen LogP contribution in [0.3, 0.4) is 0 Å². The highest BCUT2D eigenvalue weighted by Crippen LogP contribution is 2.28. The summed E-state index contributed by atoms with van der Waals surface area (Å²) in [6.45, 7) is 8.13. The third-order valence-electron chi connectivity index (χ3n) is 7.37. The van der Waals surface area contributed by atoms with Gasteiger partial charge in [0.15, 0.2) is 0 Å². The molecule has 13 nitrogen and oxygen atoms in total. The Morgan fingerprint density at radius 2 is 1.00 bits per heavy atom. The quantitative estimate of drug-likeness (QED) is 0.0298. The van der Waals surface area contributed by atoms with Gasteiger partial charge in [0.25, 0.3) is 0 Å². The monoisotopic (exact) mass is 741 g/mol. The van der Waals surface area contributed by atoms with Crippen LogP contribution in [0.2, 0.25) is 0 Å². The van der Waals surface area contributed by atoms with Crippen molar-refractivity contribution >= 4 is 29.8 Å². The molecule has 284 valence electrons. The van der Waals surface area contributed by atoms with E-state index in [-0.39, 0.29) is 41.2 Å². The smallest absolute Gasteiger partial charge is 0.343 e. The van der Waals surface area contributed by atoms with Crippen LogP contribution in [0.5, 0.6) is 23.0 Å². The number of benzene rings is 3. The van der Waals surface area contributed by atoms with Crippen molar-refractivity contribution in [3.63, 3.8) is 0 Å². The van der Waals surface area contributed by atoms with Gasteiger partial charge in [0.1, 0.15) is 28.6 Å². The lowest BCUT2D eigenvalue weighted by atomic mass is 10.1. The van der Waals surface area contributed by atoms with Gasteiger partial charge < -0.3 is 33.2 Å². The number of rotatable bonds is 24. The Bertz CT molecular complexity index is 1760. The van der Waals surface area contributed by atoms with Crippen LogP contribution in [0.25, 0.3) is 0 Å². The van der Waals surface area contributed by atoms with Gasteiger partial charge in [-0.2, -0.15) is 5.26 Å². The first-order valence-corrected chi connectivity index (χ1v) is 17.4. The maximum Gasteiger partial charge on any atom is 0.343 e. The topological polar surface area (TPSA) is 174 Å². The van der Waals surface area contributed by atoms with Crippen LogP contribution >= 0.6 is 0 Å². The zero-order chi connectivity index (χ0) is 39.0. The van der Waals surface area contributed by atoms with Crippen molar-refractivity contribution in [2.24, 2.45) is 0 Å². The summed E-state index contributed by atoms with van der Waals surface area (Å²) in [7, 11) is 0. The standard InChI is InChI=1S/C41H43NO12/c1-3-37(43)50-26-10-5-8-24-48-32-17-13-30(14-18-32)39(45)53-34-21-22-36(35(29-34)41(47)52-28-12-7-23-42)54-40(46)31-15-19-33(20-16-31)49-25-9-6-11-27-51-38(44)4-2/h3-4,13-22,29H,1-2,5-12,24-28H2. The van der Waals surface area contributed by atoms with Gasteiger partial charge >= 0.3 is 29.8 Å². The summed E-state index contributed by atoms with van der Waals surface area (Å²) in [5.41, 5.74) is 0.253. The molecule has 0 aliphatic rings. The fourth-order valence-corrected chi connectivity index (χ4v) is 4.52. The molecule has 0 aromatic heterocycles. The van der Waals surface area contributed by atoms with Crippen molar-refractivity contribution in [3.05, 3.63) is 109 Å². The highest BCUT2D eigenvalue weighted by molar-refractivity contribution is 5.97. The highest BCUT2D eigenvalue weighted by Gasteiger charge is 2.21. The number of hydrogen-bond acceptors (Lipinski definition) is 13. The van der Waals surface area contributed by atoms with Crippen molar-refractivity contribution in [2.75, 3.05) is 33.0 Å². The zero-order valence-electron chi connectivity index (χ0n) is 30.0. The number of carbonyl (C=O) groups excluding carboxylic acids is 5. The van der Waals surface area contributed by atoms with Gasteiger partial charge in [-0.1, -0.05) is 13.2 Å². The first-order valence-electron chi connectivity index (χ1n) is 17.4. The molecule has 0 spiro atoms. The van der Waals surface area contributed by atoms with E-state index in [4.69, 9.17) is 38.4 Å². The first kappa shape index (κ1) is 42.0. The number of unbranched alkanes of at least 4 members (excludes halogenated alkanes) is 5. The van der Waals surface area contributed by atoms with Crippen LogP contribution in [0, 0.1) is 11.3 Å². The zero-order valence-corrected chi connectivity index (χ0v) is 30.0. The van der Waals surface area contributed by atoms with Gasteiger partial charge in [-0.15, -0.1) is 0 Å². The summed E-state index contributed by atoms with van der Waals surface area (Å²) in [5.74, 6) is -2.23. The van der Waals surface area contributed by atoms with Crippen LogP contribution in [0.1, 0.15) is 82.4 Å². The molecule has 0 aliphatic carbocycles. The minimum absolute atomic E-state index is 0.00199. The molecule has 0 saturated carbocycles. The maximum atomic E-state index is 13.1.